The molecule has 3 aromatic rings. The highest BCUT2D eigenvalue weighted by molar-refractivity contribution is 9.10. The van der Waals surface area contributed by atoms with Gasteiger partial charge in [-0.1, -0.05) is 30.3 Å². The highest BCUT2D eigenvalue weighted by atomic mass is 79.9. The third-order valence-electron chi connectivity index (χ3n) is 5.28. The maximum Gasteiger partial charge on any atom is 0.409 e. The number of hydrogen-bond acceptors (Lipinski definition) is 4. The van der Waals surface area contributed by atoms with Crippen LogP contribution in [-0.4, -0.2) is 17.1 Å². The van der Waals surface area contributed by atoms with Crippen LogP contribution in [0.4, 0.5) is 26.0 Å². The van der Waals surface area contributed by atoms with Crippen LogP contribution in [0.15, 0.2) is 53.1 Å². The van der Waals surface area contributed by atoms with Crippen molar-refractivity contribution in [2.45, 2.75) is 24.4 Å². The molecular weight excluding hydrogens is 430 g/mol. The fraction of sp³-hybridized carbons (Fsp3) is 0.200. The predicted octanol–water partition coefficient (Wildman–Crippen LogP) is 5.06. The number of carbonyl (C=O) groups excluding carboxylic acids is 1. The van der Waals surface area contributed by atoms with Crippen LogP contribution >= 0.6 is 15.9 Å². The van der Waals surface area contributed by atoms with E-state index >= 15 is 0 Å². The average molecular weight is 445 g/mol. The Labute approximate surface area is 167 Å². The van der Waals surface area contributed by atoms with Crippen molar-refractivity contribution < 1.29 is 13.6 Å². The molecule has 2 aliphatic rings. The normalized spacial score (nSPS) is 18.1. The number of alkyl halides is 2. The molecule has 0 saturated heterocycles. The van der Waals surface area contributed by atoms with Gasteiger partial charge in [0.05, 0.1) is 16.8 Å². The molecule has 0 spiro atoms. The van der Waals surface area contributed by atoms with Crippen LogP contribution in [0.25, 0.3) is 10.8 Å². The zero-order valence-corrected chi connectivity index (χ0v) is 16.1. The second-order valence-electron chi connectivity index (χ2n) is 7.14. The molecule has 1 aliphatic carbocycles. The van der Waals surface area contributed by atoms with Gasteiger partial charge in [0.2, 0.25) is 5.91 Å². The molecule has 8 heteroatoms. The highest BCUT2D eigenvalue weighted by Crippen LogP contribution is 2.51. The zero-order chi connectivity index (χ0) is 19.5. The maximum absolute atomic E-state index is 13.5. The van der Waals surface area contributed by atoms with E-state index in [1.165, 1.54) is 0 Å². The summed E-state index contributed by atoms with van der Waals surface area (Å²) in [6, 6.07) is 14.5. The molecule has 1 amide bonds. The minimum Gasteiger partial charge on any atom is -0.310 e. The van der Waals surface area contributed by atoms with Crippen molar-refractivity contribution in [1.82, 2.24) is 4.98 Å². The van der Waals surface area contributed by atoms with E-state index in [1.54, 1.807) is 18.2 Å². The molecule has 0 unspecified atom stereocenters. The van der Waals surface area contributed by atoms with Crippen molar-refractivity contribution in [2.24, 2.45) is 0 Å². The number of fused-ring (bicyclic) bond motifs is 2. The van der Waals surface area contributed by atoms with Crippen molar-refractivity contribution in [2.75, 3.05) is 16.0 Å². The van der Waals surface area contributed by atoms with Gasteiger partial charge in [0.25, 0.3) is 0 Å². The lowest BCUT2D eigenvalue weighted by Gasteiger charge is -2.17. The van der Waals surface area contributed by atoms with Crippen LogP contribution < -0.4 is 16.0 Å². The molecule has 1 aliphatic heterocycles. The standard InChI is InChI=1S/C20H15BrF2N4O/c21-17-13-4-2-1-3-11(13)9-16(24-17)25-18(28)19(7-8-19)12-5-6-14-15(10-12)27-20(22,23)26-14/h1-6,9-10,26-27H,7-8H2,(H,24,25,28). The first-order valence-electron chi connectivity index (χ1n) is 8.82. The Morgan fingerprint density at radius 1 is 1.07 bits per heavy atom. The number of anilines is 3. The minimum absolute atomic E-state index is 0.181. The molecule has 1 saturated carbocycles. The molecule has 0 bridgehead atoms. The van der Waals surface area contributed by atoms with Crippen LogP contribution in [0.2, 0.25) is 0 Å². The third-order valence-corrected chi connectivity index (χ3v) is 5.88. The number of nitrogens with one attached hydrogen (secondary N) is 3. The van der Waals surface area contributed by atoms with Gasteiger partial charge in [-0.05, 0) is 57.9 Å². The lowest BCUT2D eigenvalue weighted by molar-refractivity contribution is -0.118. The molecule has 28 heavy (non-hydrogen) atoms. The van der Waals surface area contributed by atoms with E-state index < -0.39 is 11.6 Å². The second-order valence-corrected chi connectivity index (χ2v) is 7.89. The Morgan fingerprint density at radius 2 is 1.82 bits per heavy atom. The summed E-state index contributed by atoms with van der Waals surface area (Å²) in [5.41, 5.74) is 0.628. The molecule has 2 heterocycles. The summed E-state index contributed by atoms with van der Waals surface area (Å²) in [5.74, 6) is 0.272. The maximum atomic E-state index is 13.5. The summed E-state index contributed by atoms with van der Waals surface area (Å²) in [6.45, 7) is 0. The number of halogens is 3. The highest BCUT2D eigenvalue weighted by Gasteiger charge is 2.52. The van der Waals surface area contributed by atoms with Gasteiger partial charge in [-0.2, -0.15) is 8.78 Å². The number of carbonyl (C=O) groups is 1. The molecule has 1 fully saturated rings. The average Bonchev–Trinajstić information content (AvgIpc) is 3.39. The van der Waals surface area contributed by atoms with E-state index in [1.807, 2.05) is 30.3 Å². The molecule has 2 aromatic carbocycles. The number of amides is 1. The van der Waals surface area contributed by atoms with Crippen LogP contribution in [0.5, 0.6) is 0 Å². The summed E-state index contributed by atoms with van der Waals surface area (Å²) < 4.78 is 27.6. The van der Waals surface area contributed by atoms with Crippen molar-refractivity contribution in [3.05, 3.63) is 58.7 Å². The van der Waals surface area contributed by atoms with Crippen LogP contribution in [0, 0.1) is 0 Å². The van der Waals surface area contributed by atoms with E-state index in [0.717, 1.165) is 16.3 Å². The lowest BCUT2D eigenvalue weighted by atomic mass is 9.94. The van der Waals surface area contributed by atoms with E-state index in [9.17, 15) is 13.6 Å². The van der Waals surface area contributed by atoms with Gasteiger partial charge >= 0.3 is 6.17 Å². The monoisotopic (exact) mass is 444 g/mol. The van der Waals surface area contributed by atoms with Crippen LogP contribution in [-0.2, 0) is 10.2 Å². The topological polar surface area (TPSA) is 66.0 Å². The number of nitrogens with zero attached hydrogens (tertiary/aromatic N) is 1. The first-order valence-corrected chi connectivity index (χ1v) is 9.61. The molecule has 5 rings (SSSR count). The molecule has 3 N–H and O–H groups in total. The number of hydrogen-bond donors (Lipinski definition) is 3. The second kappa shape index (κ2) is 5.88. The Balaban J connectivity index is 1.43. The summed E-state index contributed by atoms with van der Waals surface area (Å²) in [4.78, 5) is 17.4. The fourth-order valence-electron chi connectivity index (χ4n) is 3.65. The molecule has 5 nitrogen and oxygen atoms in total. The predicted molar refractivity (Wildman–Crippen MR) is 108 cm³/mol. The van der Waals surface area contributed by atoms with Gasteiger partial charge in [-0.3, -0.25) is 4.79 Å². The summed E-state index contributed by atoms with van der Waals surface area (Å²) in [5, 5.41) is 9.05. The number of pyridine rings is 1. The van der Waals surface area contributed by atoms with Gasteiger partial charge in [-0.15, -0.1) is 0 Å². The van der Waals surface area contributed by atoms with Gasteiger partial charge in [0.1, 0.15) is 10.4 Å². The molecule has 1 aromatic heterocycles. The van der Waals surface area contributed by atoms with E-state index in [-0.39, 0.29) is 5.91 Å². The van der Waals surface area contributed by atoms with Crippen molar-refractivity contribution in [3.63, 3.8) is 0 Å². The smallest absolute Gasteiger partial charge is 0.310 e. The Kier molecular flexibility index (Phi) is 3.64. The van der Waals surface area contributed by atoms with E-state index in [4.69, 9.17) is 0 Å². The zero-order valence-electron chi connectivity index (χ0n) is 14.5. The fourth-order valence-corrected chi connectivity index (χ4v) is 4.20. The number of rotatable bonds is 3. The first-order chi connectivity index (χ1) is 13.4. The molecule has 142 valence electrons. The Hall–Kier alpha value is -2.74. The number of benzene rings is 2. The van der Waals surface area contributed by atoms with Gasteiger partial charge < -0.3 is 16.0 Å². The van der Waals surface area contributed by atoms with E-state index in [2.05, 4.69) is 36.9 Å². The van der Waals surface area contributed by atoms with Crippen molar-refractivity contribution in [1.29, 1.82) is 0 Å². The molecular formula is C20H15BrF2N4O. The minimum atomic E-state index is -3.18. The summed E-state index contributed by atoms with van der Waals surface area (Å²) >= 11 is 3.44. The number of aromatic nitrogens is 1. The Bertz CT molecular complexity index is 1130. The molecule has 0 atom stereocenters. The third kappa shape index (κ3) is 2.79. The Morgan fingerprint density at radius 3 is 2.61 bits per heavy atom. The quantitative estimate of drug-likeness (QED) is 0.390. The van der Waals surface area contributed by atoms with Gasteiger partial charge in [-0.25, -0.2) is 4.98 Å². The summed E-state index contributed by atoms with van der Waals surface area (Å²) in [7, 11) is 0. The van der Waals surface area contributed by atoms with Crippen LogP contribution in [0.3, 0.4) is 0 Å². The molecule has 0 radical (unpaired) electrons. The van der Waals surface area contributed by atoms with Crippen molar-refractivity contribution in [3.8, 4) is 0 Å². The van der Waals surface area contributed by atoms with Crippen molar-refractivity contribution >= 4 is 49.8 Å². The van der Waals surface area contributed by atoms with Crippen LogP contribution in [0.1, 0.15) is 18.4 Å². The SMILES string of the molecule is O=C(Nc1cc2ccccc2c(Br)n1)C1(c2ccc3c(c2)NC(F)(F)N3)CC1. The van der Waals surface area contributed by atoms with E-state index in [0.29, 0.717) is 34.6 Å². The van der Waals surface area contributed by atoms with Gasteiger partial charge in [0, 0.05) is 5.39 Å². The summed E-state index contributed by atoms with van der Waals surface area (Å²) in [6.07, 6.45) is -1.85. The first kappa shape index (κ1) is 17.4. The largest absolute Gasteiger partial charge is 0.409 e. The van der Waals surface area contributed by atoms with Gasteiger partial charge in [0.15, 0.2) is 0 Å². The lowest BCUT2D eigenvalue weighted by Crippen LogP contribution is -2.30.